The Hall–Kier alpha value is -3.19. The zero-order chi connectivity index (χ0) is 31.7. The normalized spacial score (nSPS) is 14.7. The highest BCUT2D eigenvalue weighted by Crippen LogP contribution is 2.33. The van der Waals surface area contributed by atoms with Crippen molar-refractivity contribution in [3.63, 3.8) is 0 Å². The number of nitrogens with zero attached hydrogens (tertiary/aromatic N) is 3. The topological polar surface area (TPSA) is 129 Å². The number of aliphatic hydroxyl groups is 1. The third-order valence-corrected chi connectivity index (χ3v) is 8.56. The fraction of sp³-hybridized carbons (Fsp3) is 0.548. The molecule has 12 heteroatoms. The lowest BCUT2D eigenvalue weighted by molar-refractivity contribution is -0.148. The number of hydrogen-bond acceptors (Lipinski definition) is 8. The van der Waals surface area contributed by atoms with Crippen LogP contribution in [0.1, 0.15) is 39.7 Å². The lowest BCUT2D eigenvalue weighted by Gasteiger charge is -2.37. The van der Waals surface area contributed by atoms with Crippen LogP contribution in [-0.4, -0.2) is 98.6 Å². The predicted octanol–water partition coefficient (Wildman–Crippen LogP) is 2.54. The number of ether oxygens (including phenoxy) is 2. The fourth-order valence-electron chi connectivity index (χ4n) is 4.83. The summed E-state index contributed by atoms with van der Waals surface area (Å²) < 4.78 is 40.4. The summed E-state index contributed by atoms with van der Waals surface area (Å²) in [6, 6.07) is 12.8. The molecule has 2 aromatic carbocycles. The van der Waals surface area contributed by atoms with Crippen LogP contribution in [0, 0.1) is 11.8 Å². The smallest absolute Gasteiger partial charge is 0.252 e. The second-order valence-electron chi connectivity index (χ2n) is 12.0. The van der Waals surface area contributed by atoms with E-state index in [0.29, 0.717) is 24.7 Å². The number of hydrazine groups is 1. The van der Waals surface area contributed by atoms with Crippen LogP contribution in [0.4, 0.5) is 0 Å². The van der Waals surface area contributed by atoms with Gasteiger partial charge >= 0.3 is 0 Å². The van der Waals surface area contributed by atoms with Crippen molar-refractivity contribution in [2.24, 2.45) is 11.8 Å². The maximum atomic E-state index is 14.0. The van der Waals surface area contributed by atoms with E-state index in [0.717, 1.165) is 5.56 Å². The van der Waals surface area contributed by atoms with E-state index in [1.54, 1.807) is 25.1 Å². The Morgan fingerprint density at radius 3 is 2.19 bits per heavy atom. The molecule has 0 aromatic heterocycles. The van der Waals surface area contributed by atoms with Gasteiger partial charge in [0, 0.05) is 25.6 Å². The summed E-state index contributed by atoms with van der Waals surface area (Å²) in [4.78, 5) is 28.1. The highest BCUT2D eigenvalue weighted by atomic mass is 32.2. The molecule has 0 bridgehead atoms. The molecule has 0 saturated heterocycles. The molecule has 2 atom stereocenters. The van der Waals surface area contributed by atoms with Gasteiger partial charge in [-0.05, 0) is 50.0 Å². The van der Waals surface area contributed by atoms with Crippen LogP contribution in [0.2, 0.25) is 0 Å². The molecule has 11 nitrogen and oxygen atoms in total. The largest absolute Gasteiger partial charge is 0.486 e. The van der Waals surface area contributed by atoms with E-state index in [1.165, 1.54) is 21.4 Å². The average Bonchev–Trinajstić information content (AvgIpc) is 2.93. The van der Waals surface area contributed by atoms with E-state index in [4.69, 9.17) is 9.47 Å². The minimum absolute atomic E-state index is 0.0104. The molecule has 2 N–H and O–H groups in total. The van der Waals surface area contributed by atoms with Crippen LogP contribution in [-0.2, 0) is 26.0 Å². The van der Waals surface area contributed by atoms with Gasteiger partial charge in [-0.15, -0.1) is 0 Å². The molecule has 238 valence electrons. The van der Waals surface area contributed by atoms with Crippen molar-refractivity contribution < 1.29 is 32.6 Å². The maximum Gasteiger partial charge on any atom is 0.252 e. The number of rotatable bonds is 14. The Labute approximate surface area is 255 Å². The highest BCUT2D eigenvalue weighted by Gasteiger charge is 2.36. The predicted molar refractivity (Wildman–Crippen MR) is 164 cm³/mol. The summed E-state index contributed by atoms with van der Waals surface area (Å²) >= 11 is 0. The summed E-state index contributed by atoms with van der Waals surface area (Å²) in [5, 5.41) is 13.0. The minimum Gasteiger partial charge on any atom is -0.486 e. The molecule has 0 radical (unpaired) electrons. The number of amides is 2. The first-order valence-corrected chi connectivity index (χ1v) is 16.1. The van der Waals surface area contributed by atoms with E-state index in [-0.39, 0.29) is 55.1 Å². The Kier molecular flexibility index (Phi) is 12.4. The molecule has 0 unspecified atom stereocenters. The van der Waals surface area contributed by atoms with E-state index in [1.807, 2.05) is 58.0 Å². The SMILES string of the molecule is CC(C)CC(=O)N(NC(=O)CN(C)C)[C@@H](Cc1ccccc1)[C@H](O)CN(CC(C)C)S(=O)(=O)c1ccc2c(c1)OCCO2. The van der Waals surface area contributed by atoms with Crippen molar-refractivity contribution in [1.29, 1.82) is 0 Å². The summed E-state index contributed by atoms with van der Waals surface area (Å²) in [7, 11) is -0.617. The van der Waals surface area contributed by atoms with Gasteiger partial charge in [0.05, 0.1) is 23.6 Å². The molecule has 0 spiro atoms. The van der Waals surface area contributed by atoms with Crippen LogP contribution in [0.15, 0.2) is 53.4 Å². The van der Waals surface area contributed by atoms with Gasteiger partial charge in [0.2, 0.25) is 15.9 Å². The van der Waals surface area contributed by atoms with E-state index in [9.17, 15) is 23.1 Å². The Morgan fingerprint density at radius 2 is 1.58 bits per heavy atom. The van der Waals surface area contributed by atoms with E-state index in [2.05, 4.69) is 5.43 Å². The standard InChI is InChI=1S/C31H46N4O7S/c1-22(2)16-31(38)35(32-30(37)21-33(5)6)26(17-24-10-8-7-9-11-24)27(36)20-34(19-23(3)4)43(39,40)25-12-13-28-29(18-25)42-15-14-41-28/h7-13,18,22-23,26-27,36H,14-17,19-21H2,1-6H3,(H,32,37)/t26-,27+/m0/s1. The van der Waals surface area contributed by atoms with E-state index >= 15 is 0 Å². The van der Waals surface area contributed by atoms with Crippen LogP contribution >= 0.6 is 0 Å². The number of nitrogens with one attached hydrogen (secondary N) is 1. The quantitative estimate of drug-likeness (QED) is 0.309. The number of fused-ring (bicyclic) bond motifs is 1. The summed E-state index contributed by atoms with van der Waals surface area (Å²) in [6.45, 7) is 8.10. The van der Waals surface area contributed by atoms with Crippen molar-refractivity contribution in [2.75, 3.05) is 46.9 Å². The number of sulfonamides is 1. The number of likely N-dealkylation sites (N-methyl/N-ethyl adjacent to an activating group) is 1. The van der Waals surface area contributed by atoms with Crippen molar-refractivity contribution >= 4 is 21.8 Å². The van der Waals surface area contributed by atoms with Gasteiger partial charge in [-0.25, -0.2) is 13.4 Å². The molecule has 0 aliphatic carbocycles. The number of aliphatic hydroxyl groups excluding tert-OH is 1. The van der Waals surface area contributed by atoms with Crippen molar-refractivity contribution in [1.82, 2.24) is 19.6 Å². The van der Waals surface area contributed by atoms with Crippen LogP contribution in [0.3, 0.4) is 0 Å². The number of carbonyl (C=O) groups is 2. The molecule has 0 saturated carbocycles. The number of benzene rings is 2. The highest BCUT2D eigenvalue weighted by molar-refractivity contribution is 7.89. The lowest BCUT2D eigenvalue weighted by Crippen LogP contribution is -2.60. The average molecular weight is 619 g/mol. The van der Waals surface area contributed by atoms with Crippen molar-refractivity contribution in [2.45, 2.75) is 57.6 Å². The number of carbonyl (C=O) groups excluding carboxylic acids is 2. The molecule has 2 aromatic rings. The molecule has 43 heavy (non-hydrogen) atoms. The first kappa shape index (κ1) is 34.3. The third-order valence-electron chi connectivity index (χ3n) is 6.73. The van der Waals surface area contributed by atoms with E-state index < -0.39 is 28.1 Å². The Balaban J connectivity index is 2.00. The maximum absolute atomic E-state index is 14.0. The van der Waals surface area contributed by atoms with Gasteiger partial charge in [0.25, 0.3) is 5.91 Å². The monoisotopic (exact) mass is 618 g/mol. The Bertz CT molecular complexity index is 1320. The third kappa shape index (κ3) is 9.92. The molecule has 1 heterocycles. The Morgan fingerprint density at radius 1 is 0.930 bits per heavy atom. The first-order chi connectivity index (χ1) is 20.3. The first-order valence-electron chi connectivity index (χ1n) is 14.7. The summed E-state index contributed by atoms with van der Waals surface area (Å²) in [6.07, 6.45) is -1.03. The van der Waals surface area contributed by atoms with Crippen molar-refractivity contribution in [3.8, 4) is 11.5 Å². The zero-order valence-electron chi connectivity index (χ0n) is 26.0. The molecule has 3 rings (SSSR count). The lowest BCUT2D eigenvalue weighted by atomic mass is 9.99. The van der Waals surface area contributed by atoms with Gasteiger partial charge in [0.15, 0.2) is 11.5 Å². The molecule has 2 amide bonds. The molecular formula is C31H46N4O7S. The van der Waals surface area contributed by atoms with Crippen LogP contribution in [0.25, 0.3) is 0 Å². The van der Waals surface area contributed by atoms with Crippen LogP contribution in [0.5, 0.6) is 11.5 Å². The van der Waals surface area contributed by atoms with Gasteiger partial charge in [0.1, 0.15) is 13.2 Å². The summed E-state index contributed by atoms with van der Waals surface area (Å²) in [5.41, 5.74) is 3.54. The van der Waals surface area contributed by atoms with Gasteiger partial charge in [-0.1, -0.05) is 58.0 Å². The summed E-state index contributed by atoms with van der Waals surface area (Å²) in [5.74, 6) is -0.0549. The van der Waals surface area contributed by atoms with Gasteiger partial charge in [-0.2, -0.15) is 4.31 Å². The molecular weight excluding hydrogens is 572 g/mol. The van der Waals surface area contributed by atoms with Crippen LogP contribution < -0.4 is 14.9 Å². The zero-order valence-corrected chi connectivity index (χ0v) is 26.8. The fourth-order valence-corrected chi connectivity index (χ4v) is 6.47. The van der Waals surface area contributed by atoms with Gasteiger partial charge < -0.3 is 19.5 Å². The second-order valence-corrected chi connectivity index (χ2v) is 13.9. The second kappa shape index (κ2) is 15.5. The molecule has 1 aliphatic heterocycles. The molecule has 0 fully saturated rings. The molecule has 1 aliphatic rings. The number of hydrogen-bond donors (Lipinski definition) is 2. The minimum atomic E-state index is -4.09. The van der Waals surface area contributed by atoms with Crippen molar-refractivity contribution in [3.05, 3.63) is 54.1 Å². The van der Waals surface area contributed by atoms with Gasteiger partial charge in [-0.3, -0.25) is 15.0 Å².